The molecule has 0 aliphatic heterocycles. The minimum absolute atomic E-state index is 0.0534. The second-order valence-corrected chi connectivity index (χ2v) is 5.95. The van der Waals surface area contributed by atoms with Crippen molar-refractivity contribution >= 4 is 22.5 Å². The van der Waals surface area contributed by atoms with Crippen LogP contribution in [0.15, 0.2) is 12.1 Å². The maximum Gasteiger partial charge on any atom is 0.176 e. The van der Waals surface area contributed by atoms with E-state index in [1.54, 1.807) is 0 Å². The van der Waals surface area contributed by atoms with E-state index < -0.39 is 11.1 Å². The molecule has 6 heteroatoms. The molecule has 1 aromatic carbocycles. The van der Waals surface area contributed by atoms with E-state index in [0.717, 1.165) is 5.56 Å². The lowest BCUT2D eigenvalue weighted by atomic mass is 9.86. The number of hydrogen-bond acceptors (Lipinski definition) is 5. The first-order valence-electron chi connectivity index (χ1n) is 5.50. The molecule has 3 N–H and O–H groups in total. The summed E-state index contributed by atoms with van der Waals surface area (Å²) in [5, 5.41) is 0. The van der Waals surface area contributed by atoms with Crippen molar-refractivity contribution in [1.82, 2.24) is 0 Å². The van der Waals surface area contributed by atoms with Crippen molar-refractivity contribution in [2.45, 2.75) is 26.2 Å². The molecule has 102 valence electrons. The van der Waals surface area contributed by atoms with E-state index in [9.17, 15) is 4.21 Å². The summed E-state index contributed by atoms with van der Waals surface area (Å²) in [7, 11) is 1.52. The summed E-state index contributed by atoms with van der Waals surface area (Å²) >= 11 is -1.42. The lowest BCUT2D eigenvalue weighted by Gasteiger charge is -2.22. The predicted molar refractivity (Wildman–Crippen MR) is 74.9 cm³/mol. The Kier molecular flexibility index (Phi) is 4.59. The number of nitrogens with one attached hydrogen (secondary N) is 1. The number of nitrogens with two attached hydrogens (primary N) is 1. The lowest BCUT2D eigenvalue weighted by Crippen LogP contribution is -2.14. The van der Waals surface area contributed by atoms with Gasteiger partial charge in [-0.05, 0) is 23.1 Å². The number of ether oxygens (including phenoxy) is 1. The van der Waals surface area contributed by atoms with Crippen LogP contribution in [0.1, 0.15) is 26.3 Å². The van der Waals surface area contributed by atoms with E-state index in [4.69, 9.17) is 14.8 Å². The fraction of sp³-hybridized carbons (Fsp3) is 0.500. The van der Waals surface area contributed by atoms with E-state index in [1.165, 1.54) is 13.4 Å². The van der Waals surface area contributed by atoms with E-state index in [-0.39, 0.29) is 5.41 Å². The van der Waals surface area contributed by atoms with Crippen LogP contribution in [0.5, 0.6) is 5.75 Å². The SMILES string of the molecule is COc1c(N)cc(C(C)(C)C)cc1NOS(C)=O. The van der Waals surface area contributed by atoms with Gasteiger partial charge in [0.25, 0.3) is 0 Å². The van der Waals surface area contributed by atoms with Crippen LogP contribution in [-0.4, -0.2) is 17.6 Å². The predicted octanol–water partition coefficient (Wildman–Crippen LogP) is 2.21. The van der Waals surface area contributed by atoms with Crippen LogP contribution < -0.4 is 16.0 Å². The molecule has 0 amide bonds. The van der Waals surface area contributed by atoms with Crippen molar-refractivity contribution < 1.29 is 13.2 Å². The molecule has 0 saturated heterocycles. The van der Waals surface area contributed by atoms with Gasteiger partial charge in [0.1, 0.15) is 5.69 Å². The third-order valence-corrected chi connectivity index (χ3v) is 2.77. The summed E-state index contributed by atoms with van der Waals surface area (Å²) in [6.07, 6.45) is 1.43. The molecular formula is C12H20N2O3S. The van der Waals surface area contributed by atoms with E-state index >= 15 is 0 Å². The van der Waals surface area contributed by atoms with E-state index in [1.807, 2.05) is 12.1 Å². The van der Waals surface area contributed by atoms with Gasteiger partial charge in [0.2, 0.25) is 0 Å². The number of benzene rings is 1. The minimum atomic E-state index is -1.42. The Morgan fingerprint density at radius 1 is 1.33 bits per heavy atom. The standard InChI is InChI=1S/C12H20N2O3S/c1-12(2,3)8-6-9(13)11(16-4)10(7-8)14-17-18(5)15/h6-7,14H,13H2,1-5H3. The van der Waals surface area contributed by atoms with Crippen LogP contribution in [0.3, 0.4) is 0 Å². The molecule has 5 nitrogen and oxygen atoms in total. The van der Waals surface area contributed by atoms with Crippen molar-refractivity contribution in [1.29, 1.82) is 0 Å². The second-order valence-electron chi connectivity index (χ2n) is 4.98. The highest BCUT2D eigenvalue weighted by Crippen LogP contribution is 2.36. The molecule has 1 rings (SSSR count). The van der Waals surface area contributed by atoms with Crippen LogP contribution in [0.25, 0.3) is 0 Å². The summed E-state index contributed by atoms with van der Waals surface area (Å²) in [6, 6.07) is 3.75. The highest BCUT2D eigenvalue weighted by Gasteiger charge is 2.18. The van der Waals surface area contributed by atoms with Gasteiger partial charge in [0.15, 0.2) is 16.8 Å². The van der Waals surface area contributed by atoms with Gasteiger partial charge in [-0.3, -0.25) is 0 Å². The highest BCUT2D eigenvalue weighted by molar-refractivity contribution is 7.79. The Labute approximate surface area is 110 Å². The topological polar surface area (TPSA) is 73.6 Å². The Bertz CT molecular complexity index is 455. The number of rotatable bonds is 4. The summed E-state index contributed by atoms with van der Waals surface area (Å²) in [6.45, 7) is 6.24. The Hall–Kier alpha value is -1.27. The number of hydrogen-bond donors (Lipinski definition) is 2. The van der Waals surface area contributed by atoms with E-state index in [2.05, 4.69) is 26.3 Å². The van der Waals surface area contributed by atoms with E-state index in [0.29, 0.717) is 17.1 Å². The van der Waals surface area contributed by atoms with Crippen molar-refractivity contribution in [3.05, 3.63) is 17.7 Å². The number of anilines is 2. The quantitative estimate of drug-likeness (QED) is 0.649. The summed E-state index contributed by atoms with van der Waals surface area (Å²) < 4.78 is 21.0. The monoisotopic (exact) mass is 272 g/mol. The molecule has 0 bridgehead atoms. The molecule has 0 spiro atoms. The summed E-state index contributed by atoms with van der Waals surface area (Å²) in [4.78, 5) is 0. The first-order chi connectivity index (χ1) is 8.25. The number of nitrogen functional groups attached to an aromatic ring is 1. The van der Waals surface area contributed by atoms with Crippen LogP contribution >= 0.6 is 0 Å². The van der Waals surface area contributed by atoms with Gasteiger partial charge in [-0.25, -0.2) is 9.69 Å². The van der Waals surface area contributed by atoms with Crippen molar-refractivity contribution in [2.75, 3.05) is 24.6 Å². The van der Waals surface area contributed by atoms with Crippen LogP contribution in [-0.2, 0) is 20.8 Å². The third kappa shape index (κ3) is 3.61. The zero-order valence-corrected chi connectivity index (χ0v) is 12.2. The largest absolute Gasteiger partial charge is 0.492 e. The van der Waals surface area contributed by atoms with Gasteiger partial charge in [-0.15, -0.1) is 0 Å². The lowest BCUT2D eigenvalue weighted by molar-refractivity contribution is 0.402. The summed E-state index contributed by atoms with van der Waals surface area (Å²) in [5.41, 5.74) is 10.6. The van der Waals surface area contributed by atoms with Gasteiger partial charge in [0.05, 0.1) is 12.8 Å². The molecular weight excluding hydrogens is 252 g/mol. The molecule has 0 aromatic heterocycles. The molecule has 0 saturated carbocycles. The summed E-state index contributed by atoms with van der Waals surface area (Å²) in [5.74, 6) is 0.480. The minimum Gasteiger partial charge on any atom is -0.492 e. The van der Waals surface area contributed by atoms with Crippen molar-refractivity contribution in [3.8, 4) is 5.75 Å². The Morgan fingerprint density at radius 3 is 2.39 bits per heavy atom. The van der Waals surface area contributed by atoms with Crippen molar-refractivity contribution in [3.63, 3.8) is 0 Å². The van der Waals surface area contributed by atoms with Gasteiger partial charge in [-0.2, -0.15) is 4.28 Å². The molecule has 0 aliphatic rings. The van der Waals surface area contributed by atoms with Crippen molar-refractivity contribution in [2.24, 2.45) is 0 Å². The molecule has 1 aromatic rings. The number of methoxy groups -OCH3 is 1. The molecule has 1 unspecified atom stereocenters. The fourth-order valence-corrected chi connectivity index (χ4v) is 1.70. The maximum atomic E-state index is 10.9. The molecule has 1 atom stereocenters. The van der Waals surface area contributed by atoms with Crippen LogP contribution in [0.2, 0.25) is 0 Å². The van der Waals surface area contributed by atoms with Gasteiger partial charge in [-0.1, -0.05) is 20.8 Å². The molecule has 0 radical (unpaired) electrons. The van der Waals surface area contributed by atoms with Gasteiger partial charge >= 0.3 is 0 Å². The smallest absolute Gasteiger partial charge is 0.176 e. The maximum absolute atomic E-state index is 10.9. The molecule has 18 heavy (non-hydrogen) atoms. The zero-order chi connectivity index (χ0) is 13.9. The molecule has 0 heterocycles. The molecule has 0 fully saturated rings. The van der Waals surface area contributed by atoms with Crippen LogP contribution in [0.4, 0.5) is 11.4 Å². The highest BCUT2D eigenvalue weighted by atomic mass is 32.2. The van der Waals surface area contributed by atoms with Gasteiger partial charge < -0.3 is 10.5 Å². The first kappa shape index (κ1) is 14.8. The van der Waals surface area contributed by atoms with Crippen LogP contribution in [0, 0.1) is 0 Å². The third-order valence-electron chi connectivity index (χ3n) is 2.46. The Morgan fingerprint density at radius 2 is 1.94 bits per heavy atom. The normalized spacial score (nSPS) is 13.2. The average molecular weight is 272 g/mol. The first-order valence-corrected chi connectivity index (χ1v) is 6.98. The Balaban J connectivity index is 3.19. The zero-order valence-electron chi connectivity index (χ0n) is 11.4. The molecule has 0 aliphatic carbocycles. The fourth-order valence-electron chi connectivity index (χ4n) is 1.49. The second kappa shape index (κ2) is 5.58. The average Bonchev–Trinajstić information content (AvgIpc) is 2.24. The van der Waals surface area contributed by atoms with Gasteiger partial charge in [0, 0.05) is 6.26 Å².